The van der Waals surface area contributed by atoms with Crippen molar-refractivity contribution in [2.24, 2.45) is 0 Å². The van der Waals surface area contributed by atoms with E-state index >= 15 is 0 Å². The molecule has 0 aliphatic rings. The summed E-state index contributed by atoms with van der Waals surface area (Å²) in [6.45, 7) is 1.61. The molecule has 0 amide bonds. The van der Waals surface area contributed by atoms with Crippen LogP contribution in [0.1, 0.15) is 18.8 Å². The highest BCUT2D eigenvalue weighted by atomic mass is 32.2. The maximum absolute atomic E-state index is 12.7. The summed E-state index contributed by atoms with van der Waals surface area (Å²) in [7, 11) is -5.43. The first-order valence-corrected chi connectivity index (χ1v) is 7.24. The summed E-state index contributed by atoms with van der Waals surface area (Å²) in [5, 5.41) is 8.85. The fourth-order valence-electron chi connectivity index (χ4n) is 1.67. The standard InChI is InChI=1S/C11H11F3N4O2S/c1-7(10-15-6-16-18-10)17-8-4-2-3-5-9(8)21(19,20)11(12,13)14/h2-7,17H,1H3,(H,15,16,18). The van der Waals surface area contributed by atoms with Crippen molar-refractivity contribution in [1.29, 1.82) is 0 Å². The van der Waals surface area contributed by atoms with Crippen LogP contribution in [-0.4, -0.2) is 29.1 Å². The number of para-hydroxylation sites is 1. The lowest BCUT2D eigenvalue weighted by molar-refractivity contribution is -0.0435. The van der Waals surface area contributed by atoms with Crippen LogP contribution in [0.15, 0.2) is 35.5 Å². The lowest BCUT2D eigenvalue weighted by Gasteiger charge is -2.17. The molecule has 0 aliphatic carbocycles. The zero-order valence-electron chi connectivity index (χ0n) is 10.7. The van der Waals surface area contributed by atoms with Gasteiger partial charge in [-0.05, 0) is 19.1 Å². The number of halogens is 3. The van der Waals surface area contributed by atoms with E-state index in [-0.39, 0.29) is 5.69 Å². The van der Waals surface area contributed by atoms with Crippen molar-refractivity contribution in [3.05, 3.63) is 36.4 Å². The molecule has 0 fully saturated rings. The summed E-state index contributed by atoms with van der Waals surface area (Å²) in [6, 6.07) is 4.27. The highest BCUT2D eigenvalue weighted by molar-refractivity contribution is 7.92. The molecule has 2 rings (SSSR count). The molecule has 1 unspecified atom stereocenters. The zero-order chi connectivity index (χ0) is 15.7. The van der Waals surface area contributed by atoms with E-state index in [0.29, 0.717) is 5.82 Å². The minimum absolute atomic E-state index is 0.154. The fourth-order valence-corrected chi connectivity index (χ4v) is 2.59. The van der Waals surface area contributed by atoms with Crippen LogP contribution in [0.2, 0.25) is 0 Å². The molecule has 0 bridgehead atoms. The van der Waals surface area contributed by atoms with Gasteiger partial charge in [0.05, 0.1) is 16.6 Å². The van der Waals surface area contributed by atoms with Crippen molar-refractivity contribution >= 4 is 15.5 Å². The van der Waals surface area contributed by atoms with Crippen molar-refractivity contribution in [2.45, 2.75) is 23.4 Å². The van der Waals surface area contributed by atoms with Crippen LogP contribution in [0, 0.1) is 0 Å². The van der Waals surface area contributed by atoms with Crippen LogP contribution in [0.5, 0.6) is 0 Å². The van der Waals surface area contributed by atoms with Gasteiger partial charge in [0.1, 0.15) is 12.2 Å². The first kappa shape index (κ1) is 15.3. The molecule has 0 saturated carbocycles. The largest absolute Gasteiger partial charge is 0.501 e. The van der Waals surface area contributed by atoms with Gasteiger partial charge < -0.3 is 5.32 Å². The van der Waals surface area contributed by atoms with Crippen LogP contribution in [0.25, 0.3) is 0 Å². The molecule has 0 saturated heterocycles. The third kappa shape index (κ3) is 2.99. The first-order valence-electron chi connectivity index (χ1n) is 5.75. The van der Waals surface area contributed by atoms with Gasteiger partial charge in [-0.15, -0.1) is 0 Å². The van der Waals surface area contributed by atoms with Crippen LogP contribution >= 0.6 is 0 Å². The van der Waals surface area contributed by atoms with E-state index in [1.165, 1.54) is 24.5 Å². The van der Waals surface area contributed by atoms with Crippen LogP contribution in [0.3, 0.4) is 0 Å². The topological polar surface area (TPSA) is 87.7 Å². The van der Waals surface area contributed by atoms with Gasteiger partial charge in [0.25, 0.3) is 9.84 Å². The quantitative estimate of drug-likeness (QED) is 0.902. The summed E-state index contributed by atoms with van der Waals surface area (Å²) in [6.07, 6.45) is 1.24. The maximum atomic E-state index is 12.7. The predicted molar refractivity (Wildman–Crippen MR) is 68.1 cm³/mol. The Kier molecular flexibility index (Phi) is 3.90. The molecular weight excluding hydrogens is 309 g/mol. The summed E-state index contributed by atoms with van der Waals surface area (Å²) in [5.41, 5.74) is -5.51. The van der Waals surface area contributed by atoms with E-state index in [9.17, 15) is 21.6 Å². The van der Waals surface area contributed by atoms with Crippen LogP contribution in [0.4, 0.5) is 18.9 Å². The molecule has 6 nitrogen and oxygen atoms in total. The molecule has 1 aromatic carbocycles. The zero-order valence-corrected chi connectivity index (χ0v) is 11.5. The molecule has 10 heteroatoms. The molecule has 0 spiro atoms. The van der Waals surface area contributed by atoms with E-state index < -0.39 is 26.3 Å². The monoisotopic (exact) mass is 320 g/mol. The second kappa shape index (κ2) is 5.35. The van der Waals surface area contributed by atoms with Gasteiger partial charge in [0.2, 0.25) is 0 Å². The summed E-state index contributed by atoms with van der Waals surface area (Å²) >= 11 is 0. The SMILES string of the molecule is CC(Nc1ccccc1S(=O)(=O)C(F)(F)F)c1ncn[nH]1. The van der Waals surface area contributed by atoms with Crippen molar-refractivity contribution in [3.8, 4) is 0 Å². The smallest absolute Gasteiger partial charge is 0.374 e. The number of nitrogens with zero attached hydrogens (tertiary/aromatic N) is 2. The minimum atomic E-state index is -5.43. The highest BCUT2D eigenvalue weighted by Gasteiger charge is 2.48. The van der Waals surface area contributed by atoms with E-state index in [1.807, 2.05) is 0 Å². The van der Waals surface area contributed by atoms with Gasteiger partial charge in [0.15, 0.2) is 0 Å². The average Bonchev–Trinajstić information content (AvgIpc) is 2.91. The van der Waals surface area contributed by atoms with E-state index in [2.05, 4.69) is 20.5 Å². The van der Waals surface area contributed by atoms with Gasteiger partial charge in [-0.25, -0.2) is 13.4 Å². The Labute approximate surface area is 118 Å². The van der Waals surface area contributed by atoms with Crippen molar-refractivity contribution in [1.82, 2.24) is 15.2 Å². The number of hydrogen-bond acceptors (Lipinski definition) is 5. The second-order valence-electron chi connectivity index (χ2n) is 4.18. The summed E-state index contributed by atoms with van der Waals surface area (Å²) in [5.74, 6) is 0.370. The number of H-pyrrole nitrogens is 1. The van der Waals surface area contributed by atoms with Crippen LogP contribution in [-0.2, 0) is 9.84 Å². The number of alkyl halides is 3. The molecule has 0 aliphatic heterocycles. The number of aromatic nitrogens is 3. The summed E-state index contributed by atoms with van der Waals surface area (Å²) < 4.78 is 61.1. The van der Waals surface area contributed by atoms with Crippen molar-refractivity contribution in [3.63, 3.8) is 0 Å². The molecule has 0 radical (unpaired) electrons. The van der Waals surface area contributed by atoms with Gasteiger partial charge >= 0.3 is 5.51 Å². The Balaban J connectivity index is 2.39. The number of hydrogen-bond donors (Lipinski definition) is 2. The Hall–Kier alpha value is -2.10. The normalized spacial score (nSPS) is 13.9. The number of aromatic amines is 1. The van der Waals surface area contributed by atoms with Gasteiger partial charge in [-0.1, -0.05) is 12.1 Å². The molecule has 1 aromatic heterocycles. The average molecular weight is 320 g/mol. The predicted octanol–water partition coefficient (Wildman–Crippen LogP) is 2.27. The lowest BCUT2D eigenvalue weighted by atomic mass is 10.2. The van der Waals surface area contributed by atoms with Gasteiger partial charge in [0, 0.05) is 0 Å². The first-order chi connectivity index (χ1) is 9.73. The fraction of sp³-hybridized carbons (Fsp3) is 0.273. The van der Waals surface area contributed by atoms with Crippen molar-refractivity contribution in [2.75, 3.05) is 5.32 Å². The maximum Gasteiger partial charge on any atom is 0.501 e. The van der Waals surface area contributed by atoms with Gasteiger partial charge in [-0.3, -0.25) is 5.10 Å². The number of benzene rings is 1. The number of sulfone groups is 1. The molecule has 114 valence electrons. The third-order valence-electron chi connectivity index (χ3n) is 2.70. The highest BCUT2D eigenvalue weighted by Crippen LogP contribution is 2.35. The van der Waals surface area contributed by atoms with Crippen LogP contribution < -0.4 is 5.32 Å². The lowest BCUT2D eigenvalue weighted by Crippen LogP contribution is -2.24. The number of anilines is 1. The Bertz CT molecular complexity index is 713. The van der Waals surface area contributed by atoms with Crippen molar-refractivity contribution < 1.29 is 21.6 Å². The Morgan fingerprint density at radius 3 is 2.52 bits per heavy atom. The third-order valence-corrected chi connectivity index (χ3v) is 4.24. The molecule has 1 atom stereocenters. The number of nitrogens with one attached hydrogen (secondary N) is 2. The molecule has 21 heavy (non-hydrogen) atoms. The van der Waals surface area contributed by atoms with E-state index in [4.69, 9.17) is 0 Å². The molecule has 2 aromatic rings. The van der Waals surface area contributed by atoms with E-state index in [0.717, 1.165) is 6.07 Å². The van der Waals surface area contributed by atoms with Gasteiger partial charge in [-0.2, -0.15) is 18.3 Å². The molecule has 2 N–H and O–H groups in total. The minimum Gasteiger partial charge on any atom is -0.374 e. The Morgan fingerprint density at radius 1 is 1.29 bits per heavy atom. The summed E-state index contributed by atoms with van der Waals surface area (Å²) in [4.78, 5) is 3.02. The molecular formula is C11H11F3N4O2S. The second-order valence-corrected chi connectivity index (χ2v) is 6.09. The number of rotatable bonds is 4. The van der Waals surface area contributed by atoms with E-state index in [1.54, 1.807) is 6.92 Å². The molecule has 1 heterocycles. The Morgan fingerprint density at radius 2 is 1.95 bits per heavy atom.